The number of halogens is 1. The van der Waals surface area contributed by atoms with E-state index >= 15 is 0 Å². The molecule has 0 saturated carbocycles. The third-order valence-electron chi connectivity index (χ3n) is 6.40. The van der Waals surface area contributed by atoms with E-state index in [1.807, 2.05) is 34.6 Å². The Bertz CT molecular complexity index is 1440. The predicted molar refractivity (Wildman–Crippen MR) is 163 cm³/mol. The molecule has 1 atom stereocenters. The minimum atomic E-state index is -4.15. The molecular weight excluding hydrogens is 562 g/mol. The van der Waals surface area contributed by atoms with E-state index < -0.39 is 34.1 Å². The van der Waals surface area contributed by atoms with Crippen LogP contribution >= 0.6 is 11.6 Å². The van der Waals surface area contributed by atoms with Crippen molar-refractivity contribution in [2.75, 3.05) is 18.0 Å². The van der Waals surface area contributed by atoms with Gasteiger partial charge in [0.25, 0.3) is 10.0 Å². The molecule has 3 rings (SSSR count). The van der Waals surface area contributed by atoms with Gasteiger partial charge in [0.05, 0.1) is 17.7 Å². The van der Waals surface area contributed by atoms with Crippen molar-refractivity contribution in [1.29, 1.82) is 0 Å². The lowest BCUT2D eigenvalue weighted by molar-refractivity contribution is -0.141. The van der Waals surface area contributed by atoms with Gasteiger partial charge < -0.3 is 15.0 Å². The molecule has 8 nitrogen and oxygen atoms in total. The molecule has 0 spiro atoms. The monoisotopic (exact) mass is 599 g/mol. The van der Waals surface area contributed by atoms with Crippen LogP contribution in [0.15, 0.2) is 77.7 Å². The SMILES string of the molecule is CC[C@H](C(=O)NC(C)(C)C)N(Cc1ccc(Cl)cc1)C(=O)CN(c1ccc(OC)cc1)S(=O)(=O)c1ccc(C)cc1. The van der Waals surface area contributed by atoms with Crippen molar-refractivity contribution < 1.29 is 22.7 Å². The van der Waals surface area contributed by atoms with Crippen LogP contribution in [0.1, 0.15) is 45.2 Å². The Morgan fingerprint density at radius 2 is 1.54 bits per heavy atom. The maximum Gasteiger partial charge on any atom is 0.264 e. The fraction of sp³-hybridized carbons (Fsp3) is 0.355. The number of benzene rings is 3. The molecular formula is C31H38ClN3O5S. The van der Waals surface area contributed by atoms with Crippen LogP contribution < -0.4 is 14.4 Å². The van der Waals surface area contributed by atoms with E-state index in [9.17, 15) is 18.0 Å². The Balaban J connectivity index is 2.07. The maximum atomic E-state index is 14.1. The number of anilines is 1. The Labute approximate surface area is 248 Å². The number of nitrogens with zero attached hydrogens (tertiary/aromatic N) is 2. The van der Waals surface area contributed by atoms with Gasteiger partial charge >= 0.3 is 0 Å². The second kappa shape index (κ2) is 13.4. The Kier molecular flexibility index (Phi) is 10.4. The molecule has 220 valence electrons. The summed E-state index contributed by atoms with van der Waals surface area (Å²) in [6, 6.07) is 19.0. The highest BCUT2D eigenvalue weighted by Crippen LogP contribution is 2.27. The third kappa shape index (κ3) is 8.47. The first kappa shape index (κ1) is 32.0. The number of ether oxygens (including phenoxy) is 1. The number of aryl methyl sites for hydroxylation is 1. The molecule has 0 radical (unpaired) electrons. The average molecular weight is 600 g/mol. The minimum absolute atomic E-state index is 0.0495. The van der Waals surface area contributed by atoms with E-state index in [2.05, 4.69) is 5.32 Å². The zero-order valence-electron chi connectivity index (χ0n) is 24.3. The molecule has 10 heteroatoms. The van der Waals surface area contributed by atoms with E-state index in [0.29, 0.717) is 22.9 Å². The summed E-state index contributed by atoms with van der Waals surface area (Å²) in [5, 5.41) is 3.50. The van der Waals surface area contributed by atoms with Gasteiger partial charge in [-0.2, -0.15) is 0 Å². The smallest absolute Gasteiger partial charge is 0.264 e. The molecule has 0 aromatic heterocycles. The molecule has 3 aromatic carbocycles. The molecule has 41 heavy (non-hydrogen) atoms. The summed E-state index contributed by atoms with van der Waals surface area (Å²) in [4.78, 5) is 29.0. The summed E-state index contributed by atoms with van der Waals surface area (Å²) >= 11 is 6.07. The van der Waals surface area contributed by atoms with Gasteiger partial charge in [-0.25, -0.2) is 8.42 Å². The summed E-state index contributed by atoms with van der Waals surface area (Å²) in [5.74, 6) is -0.302. The van der Waals surface area contributed by atoms with Crippen molar-refractivity contribution in [2.45, 2.75) is 64.1 Å². The van der Waals surface area contributed by atoms with Crippen LogP contribution in [-0.4, -0.2) is 50.4 Å². The summed E-state index contributed by atoms with van der Waals surface area (Å²) < 4.78 is 34.2. The topological polar surface area (TPSA) is 96.0 Å². The van der Waals surface area contributed by atoms with Crippen molar-refractivity contribution in [1.82, 2.24) is 10.2 Å². The van der Waals surface area contributed by atoms with Crippen molar-refractivity contribution in [3.05, 3.63) is 88.9 Å². The zero-order chi connectivity index (χ0) is 30.4. The van der Waals surface area contributed by atoms with Crippen molar-refractivity contribution >= 4 is 39.1 Å². The van der Waals surface area contributed by atoms with Gasteiger partial charge in [-0.1, -0.05) is 48.4 Å². The van der Waals surface area contributed by atoms with E-state index in [4.69, 9.17) is 16.3 Å². The number of hydrogen-bond donors (Lipinski definition) is 1. The first-order valence-corrected chi connectivity index (χ1v) is 15.2. The molecule has 0 bridgehead atoms. The molecule has 0 saturated heterocycles. The number of methoxy groups -OCH3 is 1. The van der Waals surface area contributed by atoms with Gasteiger partial charge in [-0.3, -0.25) is 13.9 Å². The van der Waals surface area contributed by atoms with Crippen molar-refractivity contribution in [2.24, 2.45) is 0 Å². The molecule has 2 amide bonds. The van der Waals surface area contributed by atoms with Crippen molar-refractivity contribution in [3.8, 4) is 5.75 Å². The van der Waals surface area contributed by atoms with Gasteiger partial charge in [0.1, 0.15) is 18.3 Å². The number of carbonyl (C=O) groups excluding carboxylic acids is 2. The average Bonchev–Trinajstić information content (AvgIpc) is 2.92. The van der Waals surface area contributed by atoms with E-state index in [0.717, 1.165) is 15.4 Å². The Hall–Kier alpha value is -3.56. The largest absolute Gasteiger partial charge is 0.497 e. The quantitative estimate of drug-likeness (QED) is 0.311. The van der Waals surface area contributed by atoms with Gasteiger partial charge in [0.15, 0.2) is 0 Å². The maximum absolute atomic E-state index is 14.1. The first-order valence-electron chi connectivity index (χ1n) is 13.3. The summed E-state index contributed by atoms with van der Waals surface area (Å²) in [7, 11) is -2.64. The number of sulfonamides is 1. The number of amides is 2. The number of hydrogen-bond acceptors (Lipinski definition) is 5. The number of nitrogens with one attached hydrogen (secondary N) is 1. The van der Waals surface area contributed by atoms with Gasteiger partial charge in [-0.15, -0.1) is 0 Å². The zero-order valence-corrected chi connectivity index (χ0v) is 25.9. The predicted octanol–water partition coefficient (Wildman–Crippen LogP) is 5.57. The highest BCUT2D eigenvalue weighted by Gasteiger charge is 2.34. The number of rotatable bonds is 11. The minimum Gasteiger partial charge on any atom is -0.497 e. The molecule has 0 heterocycles. The van der Waals surface area contributed by atoms with Crippen LogP contribution in [0.25, 0.3) is 0 Å². The van der Waals surface area contributed by atoms with Gasteiger partial charge in [0.2, 0.25) is 11.8 Å². The molecule has 3 aromatic rings. The Morgan fingerprint density at radius 3 is 2.05 bits per heavy atom. The molecule has 0 aliphatic carbocycles. The summed E-state index contributed by atoms with van der Waals surface area (Å²) in [6.07, 6.45) is 0.328. The summed E-state index contributed by atoms with van der Waals surface area (Å²) in [5.41, 5.74) is 1.42. The Morgan fingerprint density at radius 1 is 0.951 bits per heavy atom. The molecule has 1 N–H and O–H groups in total. The first-order chi connectivity index (χ1) is 19.2. The molecule has 0 aliphatic heterocycles. The van der Waals surface area contributed by atoms with Crippen LogP contribution in [0.2, 0.25) is 5.02 Å². The summed E-state index contributed by atoms with van der Waals surface area (Å²) in [6.45, 7) is 8.85. The van der Waals surface area contributed by atoms with Crippen LogP contribution in [0.3, 0.4) is 0 Å². The molecule has 0 aliphatic rings. The normalized spacial score (nSPS) is 12.4. The lowest BCUT2D eigenvalue weighted by Crippen LogP contribution is -2.55. The molecule has 0 unspecified atom stereocenters. The van der Waals surface area contributed by atoms with Crippen LogP contribution in [0, 0.1) is 6.92 Å². The number of carbonyl (C=O) groups is 2. The van der Waals surface area contributed by atoms with Crippen LogP contribution in [0.4, 0.5) is 5.69 Å². The second-order valence-electron chi connectivity index (χ2n) is 10.8. The van der Waals surface area contributed by atoms with Gasteiger partial charge in [-0.05, 0) is 88.2 Å². The second-order valence-corrected chi connectivity index (χ2v) is 13.1. The lowest BCUT2D eigenvalue weighted by Gasteiger charge is -2.34. The van der Waals surface area contributed by atoms with E-state index in [1.165, 1.54) is 24.1 Å². The lowest BCUT2D eigenvalue weighted by atomic mass is 10.1. The fourth-order valence-electron chi connectivity index (χ4n) is 4.27. The van der Waals surface area contributed by atoms with E-state index in [-0.39, 0.29) is 17.3 Å². The van der Waals surface area contributed by atoms with Crippen LogP contribution in [-0.2, 0) is 26.2 Å². The highest BCUT2D eigenvalue weighted by molar-refractivity contribution is 7.92. The highest BCUT2D eigenvalue weighted by atomic mass is 35.5. The standard InChI is InChI=1S/C31H38ClN3O5S/c1-7-28(30(37)33-31(3,4)5)34(20-23-10-12-24(32)13-11-23)29(36)21-35(25-14-16-26(40-6)17-15-25)41(38,39)27-18-8-22(2)9-19-27/h8-19,28H,7,20-21H2,1-6H3,(H,33,37)/t28-/m1/s1. The molecule has 0 fully saturated rings. The van der Waals surface area contributed by atoms with Crippen LogP contribution in [0.5, 0.6) is 5.75 Å². The fourth-order valence-corrected chi connectivity index (χ4v) is 5.81. The third-order valence-corrected chi connectivity index (χ3v) is 8.44. The van der Waals surface area contributed by atoms with Crippen molar-refractivity contribution in [3.63, 3.8) is 0 Å². The van der Waals surface area contributed by atoms with Gasteiger partial charge in [0, 0.05) is 17.1 Å². The van der Waals surface area contributed by atoms with E-state index in [1.54, 1.807) is 60.7 Å².